The number of rotatable bonds is 2. The van der Waals surface area contributed by atoms with Crippen molar-refractivity contribution >= 4 is 15.9 Å². The molecule has 1 aromatic rings. The van der Waals surface area contributed by atoms with Crippen LogP contribution in [0.25, 0.3) is 0 Å². The van der Waals surface area contributed by atoms with Crippen molar-refractivity contribution in [3.05, 3.63) is 22.7 Å². The molecule has 1 aliphatic rings. The molecule has 0 atom stereocenters. The minimum absolute atomic E-state index is 0.0355. The molecule has 1 aromatic heterocycles. The van der Waals surface area contributed by atoms with Gasteiger partial charge in [-0.2, -0.15) is 0 Å². The van der Waals surface area contributed by atoms with E-state index in [4.69, 9.17) is 15.7 Å². The maximum Gasteiger partial charge on any atom is 0.213 e. The van der Waals surface area contributed by atoms with E-state index >= 15 is 0 Å². The Morgan fingerprint density at radius 1 is 1.83 bits per heavy atom. The standard InChI is InChI=1S/C8H9BrN2O/c9-6-1-2-8(11-3-6)12-7-4-10-5-7/h1-3,7,10H,4-5H2/i1D,2D,3D,4D2,5D2,7D. The summed E-state index contributed by atoms with van der Waals surface area (Å²) < 4.78 is 65.2. The quantitative estimate of drug-likeness (QED) is 0.839. The van der Waals surface area contributed by atoms with E-state index in [1.165, 1.54) is 0 Å². The molecule has 2 rings (SSSR count). The molecule has 64 valence electrons. The third-order valence-electron chi connectivity index (χ3n) is 1.09. The number of nitrogens with one attached hydrogen (secondary N) is 1. The smallest absolute Gasteiger partial charge is 0.213 e. The molecule has 0 unspecified atom stereocenters. The fourth-order valence-electron chi connectivity index (χ4n) is 0.574. The molecular formula is C8H9BrN2O. The second-order valence-electron chi connectivity index (χ2n) is 1.90. The molecule has 2 heterocycles. The number of nitrogens with zero attached hydrogens (tertiary/aromatic N) is 1. The summed E-state index contributed by atoms with van der Waals surface area (Å²) in [7, 11) is 0. The first-order valence-corrected chi connectivity index (χ1v) is 3.84. The predicted octanol–water partition coefficient (Wildman–Crippen LogP) is 1.19. The monoisotopic (exact) mass is 236 g/mol. The number of halogens is 1. The van der Waals surface area contributed by atoms with E-state index in [2.05, 4.69) is 20.9 Å². The number of aromatic nitrogens is 1. The Hall–Kier alpha value is -0.610. The average Bonchev–Trinajstić information content (AvgIpc) is 2.31. The molecule has 0 bridgehead atoms. The highest BCUT2D eigenvalue weighted by Crippen LogP contribution is 2.14. The Kier molecular flexibility index (Phi) is 0.840. The molecule has 1 saturated heterocycles. The van der Waals surface area contributed by atoms with Crippen LogP contribution < -0.4 is 10.1 Å². The van der Waals surface area contributed by atoms with Crippen LogP contribution in [0.2, 0.25) is 0 Å². The molecule has 0 amide bonds. The normalized spacial score (nSPS) is 37.8. The third-order valence-corrected chi connectivity index (χ3v) is 1.46. The first kappa shape index (κ1) is 2.96. The minimum Gasteiger partial charge on any atom is -0.472 e. The molecule has 1 fully saturated rings. The first-order chi connectivity index (χ1) is 8.93. The van der Waals surface area contributed by atoms with Gasteiger partial charge in [-0.3, -0.25) is 0 Å². The maximum absolute atomic E-state index is 7.80. The second kappa shape index (κ2) is 3.41. The van der Waals surface area contributed by atoms with Crippen LogP contribution >= 0.6 is 15.9 Å². The van der Waals surface area contributed by atoms with Crippen molar-refractivity contribution in [1.82, 2.24) is 10.3 Å². The SMILES string of the molecule is [2H]c1nc(OC2([2H])C([2H])([2H])NC2([2H])[2H])c([2H])c([2H])c1Br. The summed E-state index contributed by atoms with van der Waals surface area (Å²) in [5.41, 5.74) is 0. The van der Waals surface area contributed by atoms with E-state index in [0.29, 0.717) is 0 Å². The van der Waals surface area contributed by atoms with Crippen LogP contribution in [0.15, 0.2) is 22.7 Å². The summed E-state index contributed by atoms with van der Waals surface area (Å²) in [5, 5.41) is 1.89. The Morgan fingerprint density at radius 2 is 2.67 bits per heavy atom. The number of ether oxygens (including phenoxy) is 1. The van der Waals surface area contributed by atoms with Crippen LogP contribution in [0.3, 0.4) is 0 Å². The average molecular weight is 237 g/mol. The molecule has 0 spiro atoms. The highest BCUT2D eigenvalue weighted by atomic mass is 79.9. The minimum atomic E-state index is -2.67. The van der Waals surface area contributed by atoms with E-state index in [1.807, 2.05) is 5.32 Å². The third kappa shape index (κ3) is 1.76. The van der Waals surface area contributed by atoms with Gasteiger partial charge in [-0.25, -0.2) is 4.98 Å². The van der Waals surface area contributed by atoms with Gasteiger partial charge >= 0.3 is 0 Å². The highest BCUT2D eigenvalue weighted by molar-refractivity contribution is 9.10. The molecule has 12 heavy (non-hydrogen) atoms. The van der Waals surface area contributed by atoms with E-state index in [9.17, 15) is 0 Å². The number of hydrogen-bond donors (Lipinski definition) is 1. The topological polar surface area (TPSA) is 34.1 Å². The number of hydrogen-bond acceptors (Lipinski definition) is 3. The lowest BCUT2D eigenvalue weighted by Crippen LogP contribution is -2.50. The van der Waals surface area contributed by atoms with Gasteiger partial charge in [-0.1, -0.05) is 0 Å². The molecule has 0 aliphatic carbocycles. The summed E-state index contributed by atoms with van der Waals surface area (Å²) in [6.45, 7) is -5.00. The summed E-state index contributed by atoms with van der Waals surface area (Å²) in [6, 6.07) is -0.963. The first-order valence-electron chi connectivity index (χ1n) is 7.04. The van der Waals surface area contributed by atoms with E-state index in [-0.39, 0.29) is 4.47 Å². The second-order valence-corrected chi connectivity index (χ2v) is 2.69. The zero-order valence-electron chi connectivity index (χ0n) is 13.7. The van der Waals surface area contributed by atoms with Crippen LogP contribution in [-0.4, -0.2) is 24.1 Å². The largest absolute Gasteiger partial charge is 0.472 e. The molecule has 0 aromatic carbocycles. The Labute approximate surface area is 90.5 Å². The molecule has 1 aliphatic heterocycles. The van der Waals surface area contributed by atoms with Crippen LogP contribution in [0, 0.1) is 0 Å². The van der Waals surface area contributed by atoms with Gasteiger partial charge in [-0.15, -0.1) is 0 Å². The zero-order valence-corrected chi connectivity index (χ0v) is 7.32. The molecule has 0 saturated carbocycles. The lowest BCUT2D eigenvalue weighted by molar-refractivity contribution is 0.136. The van der Waals surface area contributed by atoms with E-state index in [1.54, 1.807) is 0 Å². The van der Waals surface area contributed by atoms with Gasteiger partial charge in [0.1, 0.15) is 6.08 Å². The summed E-state index contributed by atoms with van der Waals surface area (Å²) in [6.07, 6.45) is -3.09. The predicted molar refractivity (Wildman–Crippen MR) is 49.2 cm³/mol. The van der Waals surface area contributed by atoms with Crippen molar-refractivity contribution in [3.63, 3.8) is 0 Å². The highest BCUT2D eigenvalue weighted by Gasteiger charge is 2.18. The fraction of sp³-hybridized carbons (Fsp3) is 0.375. The van der Waals surface area contributed by atoms with Gasteiger partial charge in [0.2, 0.25) is 5.88 Å². The lowest BCUT2D eigenvalue weighted by Gasteiger charge is -2.27. The van der Waals surface area contributed by atoms with E-state index < -0.39 is 43.2 Å². The van der Waals surface area contributed by atoms with Crippen molar-refractivity contribution in [3.8, 4) is 5.88 Å². The summed E-state index contributed by atoms with van der Waals surface area (Å²) in [4.78, 5) is 3.54. The van der Waals surface area contributed by atoms with Crippen molar-refractivity contribution < 1.29 is 15.7 Å². The van der Waals surface area contributed by atoms with Crippen molar-refractivity contribution in [2.75, 3.05) is 13.0 Å². The van der Waals surface area contributed by atoms with Crippen molar-refractivity contribution in [2.45, 2.75) is 6.08 Å². The van der Waals surface area contributed by atoms with Gasteiger partial charge < -0.3 is 10.1 Å². The fourth-order valence-corrected chi connectivity index (χ4v) is 0.761. The van der Waals surface area contributed by atoms with Gasteiger partial charge in [0.25, 0.3) is 0 Å². The molecule has 0 radical (unpaired) electrons. The van der Waals surface area contributed by atoms with Crippen LogP contribution in [0.5, 0.6) is 5.88 Å². The number of pyridine rings is 1. The Balaban J connectivity index is 2.45. The summed E-state index contributed by atoms with van der Waals surface area (Å²) in [5.74, 6) is -0.632. The van der Waals surface area contributed by atoms with Gasteiger partial charge in [0, 0.05) is 35.2 Å². The maximum atomic E-state index is 7.80. The van der Waals surface area contributed by atoms with Crippen molar-refractivity contribution in [1.29, 1.82) is 0 Å². The van der Waals surface area contributed by atoms with Gasteiger partial charge in [-0.05, 0) is 22.0 Å². The van der Waals surface area contributed by atoms with Gasteiger partial charge in [0.15, 0.2) is 0 Å². The Bertz CT molecular complexity index is 566. The van der Waals surface area contributed by atoms with Crippen molar-refractivity contribution in [2.24, 2.45) is 0 Å². The van der Waals surface area contributed by atoms with Crippen LogP contribution in [0.1, 0.15) is 11.0 Å². The molecule has 1 N–H and O–H groups in total. The zero-order chi connectivity index (χ0) is 15.5. The van der Waals surface area contributed by atoms with Crippen LogP contribution in [0.4, 0.5) is 0 Å². The molecule has 3 nitrogen and oxygen atoms in total. The van der Waals surface area contributed by atoms with Crippen LogP contribution in [-0.2, 0) is 0 Å². The molecular weight excluding hydrogens is 220 g/mol. The summed E-state index contributed by atoms with van der Waals surface area (Å²) >= 11 is 2.90. The Morgan fingerprint density at radius 3 is 3.42 bits per heavy atom. The van der Waals surface area contributed by atoms with E-state index in [0.717, 1.165) is 0 Å². The lowest BCUT2D eigenvalue weighted by atomic mass is 10.2. The molecule has 4 heteroatoms. The van der Waals surface area contributed by atoms with Gasteiger partial charge in [0.05, 0.1) is 5.48 Å².